The van der Waals surface area contributed by atoms with E-state index in [0.29, 0.717) is 12.0 Å². The van der Waals surface area contributed by atoms with Crippen LogP contribution in [0.15, 0.2) is 72.4 Å². The SMILES string of the molecule is COc1c(Cl)cc(/C(O)=C2\C(=O)C(=O)N(CCc3ccc(F)cc3)C2c2c[nH]c3ccccc23)cc1Cl. The fraction of sp³-hybridized carbons (Fsp3) is 0.143. The molecule has 1 aliphatic rings. The van der Waals surface area contributed by atoms with Crippen molar-refractivity contribution >= 4 is 51.6 Å². The molecular weight excluding hydrogens is 518 g/mol. The number of nitrogens with one attached hydrogen (secondary N) is 1. The average molecular weight is 539 g/mol. The van der Waals surface area contributed by atoms with Crippen molar-refractivity contribution in [3.8, 4) is 5.75 Å². The highest BCUT2D eigenvalue weighted by atomic mass is 35.5. The summed E-state index contributed by atoms with van der Waals surface area (Å²) in [4.78, 5) is 31.3. The molecule has 6 nitrogen and oxygen atoms in total. The highest BCUT2D eigenvalue weighted by molar-refractivity contribution is 6.47. The van der Waals surface area contributed by atoms with Crippen LogP contribution in [0.1, 0.15) is 22.7 Å². The average Bonchev–Trinajstić information content (AvgIpc) is 3.41. The number of aliphatic hydroxyl groups is 1. The molecule has 1 atom stereocenters. The van der Waals surface area contributed by atoms with Gasteiger partial charge < -0.3 is 19.7 Å². The summed E-state index contributed by atoms with van der Waals surface area (Å²) in [5.74, 6) is -2.10. The Hall–Kier alpha value is -3.81. The van der Waals surface area contributed by atoms with Crippen LogP contribution in [0.4, 0.5) is 4.39 Å². The fourth-order valence-corrected chi connectivity index (χ4v) is 5.34. The maximum absolute atomic E-state index is 13.4. The van der Waals surface area contributed by atoms with E-state index >= 15 is 0 Å². The van der Waals surface area contributed by atoms with Crippen molar-refractivity contribution in [2.24, 2.45) is 0 Å². The van der Waals surface area contributed by atoms with Gasteiger partial charge in [-0.15, -0.1) is 0 Å². The van der Waals surface area contributed by atoms with Gasteiger partial charge in [-0.05, 0) is 42.3 Å². The molecule has 1 saturated heterocycles. The van der Waals surface area contributed by atoms with Gasteiger partial charge in [-0.3, -0.25) is 9.59 Å². The van der Waals surface area contributed by atoms with Crippen molar-refractivity contribution in [3.05, 3.63) is 105 Å². The second-order valence-corrected chi connectivity index (χ2v) is 9.45. The third kappa shape index (κ3) is 4.45. The van der Waals surface area contributed by atoms with Crippen molar-refractivity contribution in [2.45, 2.75) is 12.5 Å². The third-order valence-electron chi connectivity index (χ3n) is 6.49. The first-order valence-electron chi connectivity index (χ1n) is 11.4. The fourth-order valence-electron chi connectivity index (χ4n) is 4.70. The molecule has 0 bridgehead atoms. The summed E-state index contributed by atoms with van der Waals surface area (Å²) >= 11 is 12.6. The zero-order chi connectivity index (χ0) is 26.3. The number of carbonyl (C=O) groups is 2. The maximum Gasteiger partial charge on any atom is 0.295 e. The molecule has 0 radical (unpaired) electrons. The Morgan fingerprint density at radius 2 is 1.76 bits per heavy atom. The Morgan fingerprint density at radius 1 is 1.08 bits per heavy atom. The standard InChI is InChI=1S/C28H21Cl2FN2O4/c1-37-27-20(29)12-16(13-21(27)30)25(34)23-24(19-14-32-22-5-3-2-4-18(19)22)33(28(36)26(23)35)11-10-15-6-8-17(31)9-7-15/h2-9,12-14,24,32,34H,10-11H2,1H3/b25-23+. The number of ketones is 1. The van der Waals surface area contributed by atoms with Crippen LogP contribution in [-0.4, -0.2) is 40.3 Å². The van der Waals surface area contributed by atoms with Gasteiger partial charge in [0.1, 0.15) is 11.6 Å². The normalized spacial score (nSPS) is 17.1. The summed E-state index contributed by atoms with van der Waals surface area (Å²) in [5.41, 5.74) is 2.37. The highest BCUT2D eigenvalue weighted by Gasteiger charge is 2.46. The largest absolute Gasteiger partial charge is 0.507 e. The van der Waals surface area contributed by atoms with Crippen molar-refractivity contribution in [3.63, 3.8) is 0 Å². The van der Waals surface area contributed by atoms with E-state index in [9.17, 15) is 19.1 Å². The lowest BCUT2D eigenvalue weighted by atomic mass is 9.94. The van der Waals surface area contributed by atoms with E-state index in [4.69, 9.17) is 27.9 Å². The lowest BCUT2D eigenvalue weighted by Gasteiger charge is -2.25. The lowest BCUT2D eigenvalue weighted by Crippen LogP contribution is -2.31. The molecule has 188 valence electrons. The monoisotopic (exact) mass is 538 g/mol. The topological polar surface area (TPSA) is 82.6 Å². The number of benzene rings is 3. The molecule has 37 heavy (non-hydrogen) atoms. The molecule has 1 aromatic heterocycles. The minimum atomic E-state index is -0.878. The Kier molecular flexibility index (Phi) is 6.67. The number of nitrogens with zero attached hydrogens (tertiary/aromatic N) is 1. The number of aliphatic hydroxyl groups excluding tert-OH is 1. The predicted octanol–water partition coefficient (Wildman–Crippen LogP) is 6.29. The van der Waals surface area contributed by atoms with E-state index in [2.05, 4.69) is 4.98 Å². The number of fused-ring (bicyclic) bond motifs is 1. The molecule has 5 rings (SSSR count). The predicted molar refractivity (Wildman–Crippen MR) is 140 cm³/mol. The molecule has 4 aromatic rings. The zero-order valence-corrected chi connectivity index (χ0v) is 21.1. The zero-order valence-electron chi connectivity index (χ0n) is 19.6. The Morgan fingerprint density at radius 3 is 2.43 bits per heavy atom. The molecule has 1 unspecified atom stereocenters. The van der Waals surface area contributed by atoms with Gasteiger partial charge in [-0.25, -0.2) is 4.39 Å². The van der Waals surface area contributed by atoms with Crippen LogP contribution in [0.2, 0.25) is 10.0 Å². The minimum absolute atomic E-state index is 0.0776. The second-order valence-electron chi connectivity index (χ2n) is 8.63. The summed E-state index contributed by atoms with van der Waals surface area (Å²) in [6.45, 7) is 0.168. The summed E-state index contributed by atoms with van der Waals surface area (Å²) in [5, 5.41) is 12.5. The summed E-state index contributed by atoms with van der Waals surface area (Å²) < 4.78 is 18.6. The van der Waals surface area contributed by atoms with E-state index in [1.165, 1.54) is 36.3 Å². The molecule has 3 aromatic carbocycles. The van der Waals surface area contributed by atoms with Crippen LogP contribution < -0.4 is 4.74 Å². The van der Waals surface area contributed by atoms with Crippen molar-refractivity contribution in [1.29, 1.82) is 0 Å². The molecule has 0 saturated carbocycles. The van der Waals surface area contributed by atoms with E-state index in [0.717, 1.165) is 16.5 Å². The molecule has 2 N–H and O–H groups in total. The van der Waals surface area contributed by atoms with Gasteiger partial charge in [0.15, 0.2) is 5.75 Å². The van der Waals surface area contributed by atoms with Gasteiger partial charge >= 0.3 is 0 Å². The Bertz CT molecular complexity index is 1540. The van der Waals surface area contributed by atoms with Gasteiger partial charge in [0, 0.05) is 34.8 Å². The minimum Gasteiger partial charge on any atom is -0.507 e. The van der Waals surface area contributed by atoms with E-state index < -0.39 is 23.5 Å². The maximum atomic E-state index is 13.4. The van der Waals surface area contributed by atoms with E-state index in [1.807, 2.05) is 24.3 Å². The molecular formula is C28H21Cl2FN2O4. The quantitative estimate of drug-likeness (QED) is 0.172. The molecule has 0 aliphatic carbocycles. The molecule has 2 heterocycles. The van der Waals surface area contributed by atoms with Gasteiger partial charge in [-0.2, -0.15) is 0 Å². The first-order chi connectivity index (χ1) is 17.8. The van der Waals surface area contributed by atoms with Crippen molar-refractivity contribution in [2.75, 3.05) is 13.7 Å². The number of Topliss-reactive ketones (excluding diaryl/α,β-unsaturated/α-hetero) is 1. The summed E-state index contributed by atoms with van der Waals surface area (Å²) in [7, 11) is 1.41. The number of aromatic amines is 1. The second kappa shape index (κ2) is 9.92. The van der Waals surface area contributed by atoms with Gasteiger partial charge in [0.2, 0.25) is 0 Å². The number of ether oxygens (including phenoxy) is 1. The Balaban J connectivity index is 1.64. The number of halogens is 3. The molecule has 0 spiro atoms. The molecule has 1 fully saturated rings. The van der Waals surface area contributed by atoms with Crippen LogP contribution in [0.25, 0.3) is 16.7 Å². The van der Waals surface area contributed by atoms with Crippen LogP contribution in [0.5, 0.6) is 5.75 Å². The van der Waals surface area contributed by atoms with Gasteiger partial charge in [0.05, 0.1) is 28.8 Å². The number of para-hydroxylation sites is 1. The first-order valence-corrected chi connectivity index (χ1v) is 12.2. The summed E-state index contributed by atoms with van der Waals surface area (Å²) in [6, 6.07) is 15.4. The number of aromatic nitrogens is 1. The molecule has 1 amide bonds. The van der Waals surface area contributed by atoms with Crippen molar-refractivity contribution < 1.29 is 23.8 Å². The molecule has 9 heteroatoms. The third-order valence-corrected chi connectivity index (χ3v) is 7.05. The number of H-pyrrole nitrogens is 1. The van der Waals surface area contributed by atoms with Crippen molar-refractivity contribution in [1.82, 2.24) is 9.88 Å². The number of rotatable bonds is 6. The number of methoxy groups -OCH3 is 1. The van der Waals surface area contributed by atoms with Crippen LogP contribution in [0.3, 0.4) is 0 Å². The van der Waals surface area contributed by atoms with Crippen LogP contribution >= 0.6 is 23.2 Å². The van der Waals surface area contributed by atoms with Gasteiger partial charge in [0.25, 0.3) is 11.7 Å². The van der Waals surface area contributed by atoms with Crippen LogP contribution in [-0.2, 0) is 16.0 Å². The number of carbonyl (C=O) groups excluding carboxylic acids is 2. The smallest absolute Gasteiger partial charge is 0.295 e. The Labute approximate surface area is 221 Å². The summed E-state index contributed by atoms with van der Waals surface area (Å²) in [6.07, 6.45) is 2.11. The highest BCUT2D eigenvalue weighted by Crippen LogP contribution is 2.43. The first kappa shape index (κ1) is 24.9. The van der Waals surface area contributed by atoms with E-state index in [-0.39, 0.29) is 39.3 Å². The number of likely N-dealkylation sites (tertiary alicyclic amines) is 1. The van der Waals surface area contributed by atoms with Gasteiger partial charge in [-0.1, -0.05) is 53.5 Å². The van der Waals surface area contributed by atoms with Crippen LogP contribution in [0, 0.1) is 5.82 Å². The number of hydrogen-bond acceptors (Lipinski definition) is 4. The molecule has 1 aliphatic heterocycles. The number of hydrogen-bond donors (Lipinski definition) is 2. The lowest BCUT2D eigenvalue weighted by molar-refractivity contribution is -0.139. The van der Waals surface area contributed by atoms with E-state index in [1.54, 1.807) is 18.3 Å². The number of amides is 1.